The van der Waals surface area contributed by atoms with Gasteiger partial charge in [0.15, 0.2) is 12.4 Å². The minimum absolute atomic E-state index is 0.0190. The number of halogens is 2. The second kappa shape index (κ2) is 13.9. The van der Waals surface area contributed by atoms with E-state index in [0.29, 0.717) is 45.1 Å². The Morgan fingerprint density at radius 1 is 1.12 bits per heavy atom. The molecule has 15 heteroatoms. The molecule has 0 aliphatic carbocycles. The maximum atomic E-state index is 13.0. The number of nitrogens with zero attached hydrogens (tertiary/aromatic N) is 3. The van der Waals surface area contributed by atoms with Crippen LogP contribution in [0.2, 0.25) is 10.0 Å². The highest BCUT2D eigenvalue weighted by Gasteiger charge is 2.54. The number of hydrogen-bond acceptors (Lipinski definition) is 8. The van der Waals surface area contributed by atoms with Crippen LogP contribution in [0.4, 0.5) is 0 Å². The Morgan fingerprint density at radius 3 is 2.57 bits per heavy atom. The Morgan fingerprint density at radius 2 is 1.86 bits per heavy atom. The predicted octanol–water partition coefficient (Wildman–Crippen LogP) is 2.34. The fraction of sp³-hybridized carbons (Fsp3) is 0.370. The van der Waals surface area contributed by atoms with Gasteiger partial charge in [-0.3, -0.25) is 19.3 Å². The Kier molecular flexibility index (Phi) is 10.3. The van der Waals surface area contributed by atoms with Crippen LogP contribution in [0.15, 0.2) is 63.8 Å². The molecule has 1 aromatic carbocycles. The van der Waals surface area contributed by atoms with E-state index in [0.717, 1.165) is 18.0 Å². The second-order valence-corrected chi connectivity index (χ2v) is 13.7. The van der Waals surface area contributed by atoms with Gasteiger partial charge in [-0.1, -0.05) is 23.2 Å². The topological polar surface area (TPSA) is 123 Å². The van der Waals surface area contributed by atoms with E-state index in [1.807, 2.05) is 34.0 Å². The van der Waals surface area contributed by atoms with Gasteiger partial charge >= 0.3 is 5.97 Å². The number of aromatic nitrogens is 1. The normalized spacial score (nSPS) is 20.2. The lowest BCUT2D eigenvalue weighted by atomic mass is 10.0. The third-order valence-corrected chi connectivity index (χ3v) is 11.0. The monoisotopic (exact) mass is 668 g/mol. The number of carboxylic acids is 1. The number of β-lactam (4-membered cyclic amide) rings is 1. The standard InChI is InChI=1S/C27H27Cl2N5O5S3/c28-17-1-2-19(29)20(11-17)41-15-21(35)31-23-25(37)34-24(27(38)39)16(14-42-26(23)34)13-40-18-3-7-32(8-4-18)12-22(36)33-9-5-30-6-10-33/h1-4,7-8,11,23,26,30H,5-6,9-10,12-15H2,(H-,31,35,38,39)/p+1/t23-,26-/m1/s1. The van der Waals surface area contributed by atoms with E-state index in [4.69, 9.17) is 23.2 Å². The van der Waals surface area contributed by atoms with Crippen LogP contribution in [-0.4, -0.2) is 93.5 Å². The quantitative estimate of drug-likeness (QED) is 0.199. The Labute approximate surface area is 265 Å². The summed E-state index contributed by atoms with van der Waals surface area (Å²) >= 11 is 16.3. The molecule has 0 bridgehead atoms. The number of piperazine rings is 1. The minimum atomic E-state index is -1.17. The van der Waals surface area contributed by atoms with Gasteiger partial charge in [-0.05, 0) is 23.8 Å². The summed E-state index contributed by atoms with van der Waals surface area (Å²) in [4.78, 5) is 55.0. The second-order valence-electron chi connectivity index (χ2n) is 9.70. The van der Waals surface area contributed by atoms with Crippen LogP contribution in [0, 0.1) is 0 Å². The zero-order valence-electron chi connectivity index (χ0n) is 22.3. The lowest BCUT2D eigenvalue weighted by Crippen LogP contribution is -2.70. The number of carbonyl (C=O) groups excluding carboxylic acids is 3. The first-order chi connectivity index (χ1) is 20.2. The maximum absolute atomic E-state index is 13.0. The Hall–Kier alpha value is -2.42. The molecular formula is C27H28Cl2N5O5S3+. The van der Waals surface area contributed by atoms with Gasteiger partial charge in [0.2, 0.25) is 12.5 Å². The van der Waals surface area contributed by atoms with Crippen LogP contribution < -0.4 is 15.2 Å². The fourth-order valence-corrected chi connectivity index (χ4v) is 8.40. The maximum Gasteiger partial charge on any atom is 0.352 e. The Bertz CT molecular complexity index is 1420. The van der Waals surface area contributed by atoms with E-state index in [1.54, 1.807) is 18.2 Å². The molecule has 2 saturated heterocycles. The minimum Gasteiger partial charge on any atom is -0.477 e. The van der Waals surface area contributed by atoms with Crippen molar-refractivity contribution in [3.8, 4) is 0 Å². The molecule has 42 heavy (non-hydrogen) atoms. The third kappa shape index (κ3) is 7.20. The first-order valence-corrected chi connectivity index (χ1v) is 16.9. The van der Waals surface area contributed by atoms with Crippen molar-refractivity contribution in [2.45, 2.75) is 27.8 Å². The highest BCUT2D eigenvalue weighted by atomic mass is 35.5. The number of thioether (sulfide) groups is 3. The van der Waals surface area contributed by atoms with E-state index >= 15 is 0 Å². The molecule has 0 saturated carbocycles. The van der Waals surface area contributed by atoms with Gasteiger partial charge in [0.25, 0.3) is 11.8 Å². The zero-order valence-corrected chi connectivity index (χ0v) is 26.2. The molecule has 2 fully saturated rings. The number of amides is 3. The summed E-state index contributed by atoms with van der Waals surface area (Å²) in [5.74, 6) is -1.04. The van der Waals surface area contributed by atoms with Crippen LogP contribution in [0.5, 0.6) is 0 Å². The molecule has 3 N–H and O–H groups in total. The van der Waals surface area contributed by atoms with E-state index in [9.17, 15) is 24.3 Å². The molecule has 1 aromatic heterocycles. The van der Waals surface area contributed by atoms with Gasteiger partial charge in [0, 0.05) is 64.6 Å². The molecular weight excluding hydrogens is 641 g/mol. The summed E-state index contributed by atoms with van der Waals surface area (Å²) in [5, 5.41) is 16.4. The predicted molar refractivity (Wildman–Crippen MR) is 164 cm³/mol. The third-order valence-electron chi connectivity index (χ3n) is 6.88. The van der Waals surface area contributed by atoms with Crippen LogP contribution in [0.1, 0.15) is 0 Å². The zero-order chi connectivity index (χ0) is 29.8. The average molecular weight is 670 g/mol. The summed E-state index contributed by atoms with van der Waals surface area (Å²) in [6, 6.07) is 7.97. The SMILES string of the molecule is O=C(CSc1cc(Cl)ccc1Cl)N[C@@H]1C(=O)N2C(C(=O)O)=C(CSc3cc[n+](CC(=O)N4CCNCC4)cc3)CS[C@H]12. The molecule has 0 unspecified atom stereocenters. The fourth-order valence-electron chi connectivity index (χ4n) is 4.73. The number of pyridine rings is 1. The Balaban J connectivity index is 1.15. The molecule has 3 amide bonds. The average Bonchev–Trinajstić information content (AvgIpc) is 2.99. The number of rotatable bonds is 10. The van der Waals surface area contributed by atoms with Gasteiger partial charge in [-0.2, -0.15) is 4.57 Å². The number of fused-ring (bicyclic) bond motifs is 1. The molecule has 222 valence electrons. The molecule has 2 aromatic rings. The summed E-state index contributed by atoms with van der Waals surface area (Å²) in [7, 11) is 0. The van der Waals surface area contributed by atoms with E-state index in [-0.39, 0.29) is 29.8 Å². The number of hydrogen-bond donors (Lipinski definition) is 3. The summed E-state index contributed by atoms with van der Waals surface area (Å²) in [6.45, 7) is 3.28. The molecule has 5 rings (SSSR count). The van der Waals surface area contributed by atoms with Gasteiger partial charge in [0.1, 0.15) is 17.1 Å². The molecule has 2 atom stereocenters. The van der Waals surface area contributed by atoms with E-state index in [1.165, 1.54) is 40.2 Å². The van der Waals surface area contributed by atoms with Gasteiger partial charge in [0.05, 0.1) is 10.8 Å². The molecule has 10 nitrogen and oxygen atoms in total. The molecule has 3 aliphatic rings. The number of benzene rings is 1. The number of aliphatic carboxylic acids is 1. The smallest absolute Gasteiger partial charge is 0.352 e. The van der Waals surface area contributed by atoms with Gasteiger partial charge in [-0.25, -0.2) is 4.79 Å². The number of nitrogens with one attached hydrogen (secondary N) is 2. The molecule has 4 heterocycles. The number of carboxylic acid groups (broad SMARTS) is 1. The van der Waals surface area contributed by atoms with Crippen molar-refractivity contribution in [3.05, 3.63) is 64.0 Å². The molecule has 0 radical (unpaired) electrons. The highest BCUT2D eigenvalue weighted by Crippen LogP contribution is 2.41. The van der Waals surface area contributed by atoms with Crippen molar-refractivity contribution >= 4 is 82.2 Å². The van der Waals surface area contributed by atoms with Crippen LogP contribution in [0.3, 0.4) is 0 Å². The summed E-state index contributed by atoms with van der Waals surface area (Å²) < 4.78 is 1.83. The number of carbonyl (C=O) groups is 4. The van der Waals surface area contributed by atoms with Crippen molar-refractivity contribution in [2.75, 3.05) is 43.4 Å². The lowest BCUT2D eigenvalue weighted by Gasteiger charge is -2.49. The highest BCUT2D eigenvalue weighted by molar-refractivity contribution is 8.01. The first-order valence-electron chi connectivity index (χ1n) is 13.1. The lowest BCUT2D eigenvalue weighted by molar-refractivity contribution is -0.685. The van der Waals surface area contributed by atoms with Gasteiger partial charge in [-0.15, -0.1) is 35.3 Å². The largest absolute Gasteiger partial charge is 0.477 e. The van der Waals surface area contributed by atoms with E-state index < -0.39 is 23.3 Å². The van der Waals surface area contributed by atoms with Crippen molar-refractivity contribution < 1.29 is 28.9 Å². The summed E-state index contributed by atoms with van der Waals surface area (Å²) in [5.41, 5.74) is 0.623. The van der Waals surface area contributed by atoms with Gasteiger partial charge < -0.3 is 20.6 Å². The van der Waals surface area contributed by atoms with Crippen molar-refractivity contribution in [1.29, 1.82) is 0 Å². The van der Waals surface area contributed by atoms with Crippen LogP contribution in [-0.2, 0) is 25.7 Å². The van der Waals surface area contributed by atoms with Crippen LogP contribution >= 0.6 is 58.5 Å². The first kappa shape index (κ1) is 31.0. The van der Waals surface area contributed by atoms with Crippen molar-refractivity contribution in [1.82, 2.24) is 20.4 Å². The van der Waals surface area contributed by atoms with Crippen molar-refractivity contribution in [3.63, 3.8) is 0 Å². The van der Waals surface area contributed by atoms with Crippen molar-refractivity contribution in [2.24, 2.45) is 0 Å². The van der Waals surface area contributed by atoms with E-state index in [2.05, 4.69) is 10.6 Å². The summed E-state index contributed by atoms with van der Waals surface area (Å²) in [6.07, 6.45) is 3.68. The van der Waals surface area contributed by atoms with Crippen LogP contribution in [0.25, 0.3) is 0 Å². The molecule has 0 spiro atoms. The molecule has 3 aliphatic heterocycles.